The molecule has 21 heavy (non-hydrogen) atoms. The number of carbonyl (C=O) groups excluding carboxylic acids is 1. The molecule has 0 radical (unpaired) electrons. The standard InChI is InChI=1S/C16H22N2O3/c1-18(14-9-4-2-3-5-10-14)16(21)17-13-8-6-7-12(11-13)15(19)20/h6-8,11,14H,2-5,9-10H2,1H3,(H,17,21)(H,19,20). The van der Waals surface area contributed by atoms with Crippen LogP contribution in [0, 0.1) is 0 Å². The van der Waals surface area contributed by atoms with Crippen LogP contribution in [0.25, 0.3) is 0 Å². The lowest BCUT2D eigenvalue weighted by atomic mass is 10.1. The summed E-state index contributed by atoms with van der Waals surface area (Å²) in [6.45, 7) is 0. The van der Waals surface area contributed by atoms with Gasteiger partial charge in [0.2, 0.25) is 0 Å². The smallest absolute Gasteiger partial charge is 0.335 e. The average molecular weight is 290 g/mol. The molecule has 0 saturated heterocycles. The largest absolute Gasteiger partial charge is 0.478 e. The minimum Gasteiger partial charge on any atom is -0.478 e. The molecule has 2 N–H and O–H groups in total. The molecule has 0 atom stereocenters. The highest BCUT2D eigenvalue weighted by Gasteiger charge is 2.21. The first-order chi connectivity index (χ1) is 10.1. The minimum absolute atomic E-state index is 0.171. The quantitative estimate of drug-likeness (QED) is 0.836. The number of urea groups is 1. The Balaban J connectivity index is 1.99. The van der Waals surface area contributed by atoms with Gasteiger partial charge in [-0.05, 0) is 31.0 Å². The van der Waals surface area contributed by atoms with Gasteiger partial charge >= 0.3 is 12.0 Å². The van der Waals surface area contributed by atoms with Gasteiger partial charge in [0.15, 0.2) is 0 Å². The summed E-state index contributed by atoms with van der Waals surface area (Å²) in [5.74, 6) is -0.997. The molecule has 0 aromatic heterocycles. The number of benzene rings is 1. The van der Waals surface area contributed by atoms with E-state index in [1.165, 1.54) is 25.0 Å². The normalized spacial score (nSPS) is 16.0. The lowest BCUT2D eigenvalue weighted by Crippen LogP contribution is -2.39. The maximum Gasteiger partial charge on any atom is 0.335 e. The average Bonchev–Trinajstić information content (AvgIpc) is 2.75. The summed E-state index contributed by atoms with van der Waals surface area (Å²) in [6.07, 6.45) is 6.89. The number of anilines is 1. The van der Waals surface area contributed by atoms with Crippen LogP contribution in [0.2, 0.25) is 0 Å². The number of carboxylic acids is 1. The van der Waals surface area contributed by atoms with E-state index in [4.69, 9.17) is 5.11 Å². The van der Waals surface area contributed by atoms with Crippen molar-refractivity contribution in [2.24, 2.45) is 0 Å². The van der Waals surface area contributed by atoms with E-state index in [1.54, 1.807) is 17.0 Å². The van der Waals surface area contributed by atoms with E-state index in [-0.39, 0.29) is 17.6 Å². The summed E-state index contributed by atoms with van der Waals surface area (Å²) < 4.78 is 0. The Morgan fingerprint density at radius 1 is 1.19 bits per heavy atom. The van der Waals surface area contributed by atoms with Gasteiger partial charge in [0.1, 0.15) is 0 Å². The number of amides is 2. The molecular formula is C16H22N2O3. The molecule has 0 aliphatic heterocycles. The van der Waals surface area contributed by atoms with Crippen molar-refractivity contribution < 1.29 is 14.7 Å². The third-order valence-electron chi connectivity index (χ3n) is 4.05. The highest BCUT2D eigenvalue weighted by atomic mass is 16.4. The number of hydrogen-bond acceptors (Lipinski definition) is 2. The van der Waals surface area contributed by atoms with Gasteiger partial charge in [-0.1, -0.05) is 31.7 Å². The van der Waals surface area contributed by atoms with Crippen LogP contribution in [-0.4, -0.2) is 35.1 Å². The van der Waals surface area contributed by atoms with E-state index in [0.717, 1.165) is 25.7 Å². The van der Waals surface area contributed by atoms with Crippen LogP contribution < -0.4 is 5.32 Å². The van der Waals surface area contributed by atoms with Crippen LogP contribution in [0.1, 0.15) is 48.9 Å². The zero-order valence-electron chi connectivity index (χ0n) is 12.3. The van der Waals surface area contributed by atoms with Crippen molar-refractivity contribution in [3.8, 4) is 0 Å². The molecule has 0 heterocycles. The molecule has 1 saturated carbocycles. The molecule has 0 spiro atoms. The van der Waals surface area contributed by atoms with Gasteiger partial charge in [0, 0.05) is 18.8 Å². The number of carbonyl (C=O) groups is 2. The summed E-state index contributed by atoms with van der Waals surface area (Å²) in [5, 5.41) is 11.7. The number of rotatable bonds is 3. The maximum absolute atomic E-state index is 12.3. The highest BCUT2D eigenvalue weighted by Crippen LogP contribution is 2.21. The second-order valence-corrected chi connectivity index (χ2v) is 5.57. The van der Waals surface area contributed by atoms with Crippen LogP contribution in [0.5, 0.6) is 0 Å². The first kappa shape index (κ1) is 15.4. The summed E-state index contributed by atoms with van der Waals surface area (Å²) in [6, 6.07) is 6.41. The van der Waals surface area contributed by atoms with E-state index in [9.17, 15) is 9.59 Å². The zero-order chi connectivity index (χ0) is 15.2. The predicted octanol–water partition coefficient (Wildman–Crippen LogP) is 3.57. The van der Waals surface area contributed by atoms with E-state index < -0.39 is 5.97 Å². The van der Waals surface area contributed by atoms with Crippen molar-refractivity contribution in [2.75, 3.05) is 12.4 Å². The second-order valence-electron chi connectivity index (χ2n) is 5.57. The van der Waals surface area contributed by atoms with Gasteiger partial charge in [0.25, 0.3) is 0 Å². The fourth-order valence-corrected chi connectivity index (χ4v) is 2.75. The van der Waals surface area contributed by atoms with Crippen molar-refractivity contribution in [1.82, 2.24) is 4.90 Å². The molecule has 0 unspecified atom stereocenters. The van der Waals surface area contributed by atoms with Crippen LogP contribution in [0.3, 0.4) is 0 Å². The molecule has 114 valence electrons. The lowest BCUT2D eigenvalue weighted by molar-refractivity contribution is 0.0697. The van der Waals surface area contributed by atoms with Gasteiger partial charge in [-0.2, -0.15) is 0 Å². The van der Waals surface area contributed by atoms with E-state index in [1.807, 2.05) is 7.05 Å². The Morgan fingerprint density at radius 3 is 2.48 bits per heavy atom. The molecule has 1 aromatic carbocycles. The number of nitrogens with one attached hydrogen (secondary N) is 1. The van der Waals surface area contributed by atoms with Gasteiger partial charge in [-0.15, -0.1) is 0 Å². The first-order valence-corrected chi connectivity index (χ1v) is 7.45. The van der Waals surface area contributed by atoms with Gasteiger partial charge in [0.05, 0.1) is 5.56 Å². The predicted molar refractivity (Wildman–Crippen MR) is 81.7 cm³/mol. The Kier molecular flexibility index (Phi) is 5.20. The van der Waals surface area contributed by atoms with Crippen LogP contribution in [0.4, 0.5) is 10.5 Å². The summed E-state index contributed by atoms with van der Waals surface area (Å²) in [7, 11) is 1.81. The molecule has 1 aliphatic rings. The SMILES string of the molecule is CN(C(=O)Nc1cccc(C(=O)O)c1)C1CCCCCC1. The fourth-order valence-electron chi connectivity index (χ4n) is 2.75. The third-order valence-corrected chi connectivity index (χ3v) is 4.05. The molecule has 2 amide bonds. The molecule has 1 aliphatic carbocycles. The van der Waals surface area contributed by atoms with Crippen molar-refractivity contribution in [3.05, 3.63) is 29.8 Å². The van der Waals surface area contributed by atoms with Crippen LogP contribution in [-0.2, 0) is 0 Å². The number of nitrogens with zero attached hydrogens (tertiary/aromatic N) is 1. The number of carboxylic acid groups (broad SMARTS) is 1. The molecule has 1 fully saturated rings. The maximum atomic E-state index is 12.3. The van der Waals surface area contributed by atoms with Gasteiger partial charge in [-0.25, -0.2) is 9.59 Å². The number of aromatic carboxylic acids is 1. The second kappa shape index (κ2) is 7.11. The van der Waals surface area contributed by atoms with E-state index in [0.29, 0.717) is 5.69 Å². The Morgan fingerprint density at radius 2 is 1.86 bits per heavy atom. The first-order valence-electron chi connectivity index (χ1n) is 7.45. The lowest BCUT2D eigenvalue weighted by Gasteiger charge is -2.27. The summed E-state index contributed by atoms with van der Waals surface area (Å²) in [5.41, 5.74) is 0.685. The molecule has 5 nitrogen and oxygen atoms in total. The monoisotopic (exact) mass is 290 g/mol. The molecule has 2 rings (SSSR count). The highest BCUT2D eigenvalue weighted by molar-refractivity contribution is 5.93. The minimum atomic E-state index is -0.997. The number of hydrogen-bond donors (Lipinski definition) is 2. The van der Waals surface area contributed by atoms with Crippen molar-refractivity contribution >= 4 is 17.7 Å². The van der Waals surface area contributed by atoms with Crippen LogP contribution >= 0.6 is 0 Å². The van der Waals surface area contributed by atoms with Gasteiger partial charge in [-0.3, -0.25) is 0 Å². The topological polar surface area (TPSA) is 69.6 Å². The van der Waals surface area contributed by atoms with E-state index >= 15 is 0 Å². The summed E-state index contributed by atoms with van der Waals surface area (Å²) in [4.78, 5) is 25.0. The third kappa shape index (κ3) is 4.21. The van der Waals surface area contributed by atoms with Gasteiger partial charge < -0.3 is 15.3 Å². The zero-order valence-corrected chi connectivity index (χ0v) is 12.3. The molecule has 0 bridgehead atoms. The van der Waals surface area contributed by atoms with Crippen molar-refractivity contribution in [3.63, 3.8) is 0 Å². The Bertz CT molecular complexity index is 508. The van der Waals surface area contributed by atoms with E-state index in [2.05, 4.69) is 5.32 Å². The fraction of sp³-hybridized carbons (Fsp3) is 0.500. The molecule has 1 aromatic rings. The van der Waals surface area contributed by atoms with Crippen LogP contribution in [0.15, 0.2) is 24.3 Å². The van der Waals surface area contributed by atoms with Crippen molar-refractivity contribution in [1.29, 1.82) is 0 Å². The molecular weight excluding hydrogens is 268 g/mol. The Hall–Kier alpha value is -2.04. The van der Waals surface area contributed by atoms with Crippen molar-refractivity contribution in [2.45, 2.75) is 44.6 Å². The summed E-state index contributed by atoms with van der Waals surface area (Å²) >= 11 is 0. The Labute approximate surface area is 125 Å². The molecule has 5 heteroatoms.